The standard InChI is InChI=1S/C15H25NO/c1-3-5-11-17-12-10-16-13-15-9-7-6-8-14(15)4-2/h6-9,16H,3-5,10-13H2,1-2H3. The van der Waals surface area contributed by atoms with Crippen molar-refractivity contribution in [2.75, 3.05) is 19.8 Å². The van der Waals surface area contributed by atoms with Gasteiger partial charge in [-0.2, -0.15) is 0 Å². The number of benzene rings is 1. The van der Waals surface area contributed by atoms with Crippen molar-refractivity contribution >= 4 is 0 Å². The van der Waals surface area contributed by atoms with Crippen LogP contribution in [0.3, 0.4) is 0 Å². The monoisotopic (exact) mass is 235 g/mol. The topological polar surface area (TPSA) is 21.3 Å². The molecule has 0 spiro atoms. The van der Waals surface area contributed by atoms with E-state index in [4.69, 9.17) is 4.74 Å². The van der Waals surface area contributed by atoms with Crippen LogP contribution in [0.4, 0.5) is 0 Å². The molecule has 0 amide bonds. The second-order valence-electron chi connectivity index (χ2n) is 4.26. The number of hydrogen-bond acceptors (Lipinski definition) is 2. The number of nitrogens with one attached hydrogen (secondary N) is 1. The van der Waals surface area contributed by atoms with Crippen molar-refractivity contribution < 1.29 is 4.74 Å². The van der Waals surface area contributed by atoms with Crippen LogP contribution in [0.1, 0.15) is 37.8 Å². The summed E-state index contributed by atoms with van der Waals surface area (Å²) in [7, 11) is 0. The van der Waals surface area contributed by atoms with Crippen LogP contribution in [0.5, 0.6) is 0 Å². The molecule has 96 valence electrons. The van der Waals surface area contributed by atoms with Gasteiger partial charge in [-0.25, -0.2) is 0 Å². The largest absolute Gasteiger partial charge is 0.380 e. The van der Waals surface area contributed by atoms with Gasteiger partial charge in [0.15, 0.2) is 0 Å². The minimum absolute atomic E-state index is 0.814. The molecular weight excluding hydrogens is 210 g/mol. The van der Waals surface area contributed by atoms with E-state index in [-0.39, 0.29) is 0 Å². The van der Waals surface area contributed by atoms with Gasteiger partial charge >= 0.3 is 0 Å². The predicted octanol–water partition coefficient (Wildman–Crippen LogP) is 3.16. The van der Waals surface area contributed by atoms with Crippen molar-refractivity contribution in [3.63, 3.8) is 0 Å². The van der Waals surface area contributed by atoms with E-state index in [1.165, 1.54) is 24.0 Å². The van der Waals surface area contributed by atoms with Crippen LogP contribution in [0.25, 0.3) is 0 Å². The zero-order valence-corrected chi connectivity index (χ0v) is 11.2. The molecule has 1 aromatic rings. The van der Waals surface area contributed by atoms with Crippen molar-refractivity contribution in [3.05, 3.63) is 35.4 Å². The summed E-state index contributed by atoms with van der Waals surface area (Å²) >= 11 is 0. The number of unbranched alkanes of at least 4 members (excludes halogenated alkanes) is 1. The molecule has 0 heterocycles. The summed E-state index contributed by atoms with van der Waals surface area (Å²) in [5.74, 6) is 0. The van der Waals surface area contributed by atoms with Crippen molar-refractivity contribution in [1.29, 1.82) is 0 Å². The Morgan fingerprint density at radius 3 is 2.53 bits per heavy atom. The summed E-state index contributed by atoms with van der Waals surface area (Å²) in [6, 6.07) is 8.61. The zero-order chi connectivity index (χ0) is 12.3. The molecule has 0 radical (unpaired) electrons. The highest BCUT2D eigenvalue weighted by atomic mass is 16.5. The fraction of sp³-hybridized carbons (Fsp3) is 0.600. The fourth-order valence-corrected chi connectivity index (χ4v) is 1.79. The van der Waals surface area contributed by atoms with Gasteiger partial charge in [0.05, 0.1) is 6.61 Å². The lowest BCUT2D eigenvalue weighted by Gasteiger charge is -2.09. The van der Waals surface area contributed by atoms with Gasteiger partial charge in [0, 0.05) is 19.7 Å². The van der Waals surface area contributed by atoms with Gasteiger partial charge in [-0.3, -0.25) is 0 Å². The lowest BCUT2D eigenvalue weighted by atomic mass is 10.1. The molecule has 0 aliphatic carbocycles. The molecular formula is C15H25NO. The summed E-state index contributed by atoms with van der Waals surface area (Å²) in [4.78, 5) is 0. The maximum absolute atomic E-state index is 5.51. The van der Waals surface area contributed by atoms with Crippen LogP contribution in [0, 0.1) is 0 Å². The van der Waals surface area contributed by atoms with E-state index in [2.05, 4.69) is 43.4 Å². The highest BCUT2D eigenvalue weighted by Gasteiger charge is 1.98. The van der Waals surface area contributed by atoms with Crippen LogP contribution in [-0.2, 0) is 17.7 Å². The first-order valence-electron chi connectivity index (χ1n) is 6.73. The molecule has 0 aliphatic heterocycles. The first-order chi connectivity index (χ1) is 8.38. The lowest BCUT2D eigenvalue weighted by molar-refractivity contribution is 0.133. The Balaban J connectivity index is 2.13. The smallest absolute Gasteiger partial charge is 0.0591 e. The Morgan fingerprint density at radius 1 is 1.06 bits per heavy atom. The van der Waals surface area contributed by atoms with E-state index in [1.807, 2.05) is 0 Å². The number of rotatable bonds is 9. The Kier molecular flexibility index (Phi) is 7.69. The molecule has 0 aliphatic rings. The molecule has 0 fully saturated rings. The predicted molar refractivity (Wildman–Crippen MR) is 73.3 cm³/mol. The normalized spacial score (nSPS) is 10.7. The van der Waals surface area contributed by atoms with Gasteiger partial charge in [0.2, 0.25) is 0 Å². The quantitative estimate of drug-likeness (QED) is 0.664. The first-order valence-corrected chi connectivity index (χ1v) is 6.73. The van der Waals surface area contributed by atoms with E-state index in [0.717, 1.165) is 32.7 Å². The summed E-state index contributed by atoms with van der Waals surface area (Å²) in [5.41, 5.74) is 2.84. The third-order valence-electron chi connectivity index (χ3n) is 2.88. The second-order valence-corrected chi connectivity index (χ2v) is 4.26. The van der Waals surface area contributed by atoms with E-state index >= 15 is 0 Å². The number of ether oxygens (including phenoxy) is 1. The van der Waals surface area contributed by atoms with E-state index in [9.17, 15) is 0 Å². The average molecular weight is 235 g/mol. The number of hydrogen-bond donors (Lipinski definition) is 1. The molecule has 17 heavy (non-hydrogen) atoms. The van der Waals surface area contributed by atoms with Gasteiger partial charge in [0.25, 0.3) is 0 Å². The van der Waals surface area contributed by atoms with Crippen LogP contribution in [0.15, 0.2) is 24.3 Å². The van der Waals surface area contributed by atoms with Crippen molar-refractivity contribution in [2.45, 2.75) is 39.7 Å². The molecule has 0 saturated heterocycles. The summed E-state index contributed by atoms with van der Waals surface area (Å²) < 4.78 is 5.51. The summed E-state index contributed by atoms with van der Waals surface area (Å²) in [6.45, 7) is 7.97. The van der Waals surface area contributed by atoms with Crippen molar-refractivity contribution in [3.8, 4) is 0 Å². The van der Waals surface area contributed by atoms with Crippen LogP contribution in [0.2, 0.25) is 0 Å². The Labute approximate surface area is 105 Å². The zero-order valence-electron chi connectivity index (χ0n) is 11.2. The molecule has 1 aromatic carbocycles. The van der Waals surface area contributed by atoms with Crippen molar-refractivity contribution in [1.82, 2.24) is 5.32 Å². The maximum atomic E-state index is 5.51. The molecule has 0 aromatic heterocycles. The molecule has 2 nitrogen and oxygen atoms in total. The Morgan fingerprint density at radius 2 is 1.82 bits per heavy atom. The first kappa shape index (κ1) is 14.2. The average Bonchev–Trinajstić information content (AvgIpc) is 2.38. The highest BCUT2D eigenvalue weighted by Crippen LogP contribution is 2.08. The van der Waals surface area contributed by atoms with E-state index in [1.54, 1.807) is 0 Å². The third-order valence-corrected chi connectivity index (χ3v) is 2.88. The maximum Gasteiger partial charge on any atom is 0.0591 e. The molecule has 0 unspecified atom stereocenters. The fourth-order valence-electron chi connectivity index (χ4n) is 1.79. The molecule has 0 saturated carbocycles. The molecule has 0 bridgehead atoms. The van der Waals surface area contributed by atoms with E-state index in [0.29, 0.717) is 0 Å². The molecule has 1 N–H and O–H groups in total. The minimum Gasteiger partial charge on any atom is -0.380 e. The second kappa shape index (κ2) is 9.20. The van der Waals surface area contributed by atoms with Crippen LogP contribution >= 0.6 is 0 Å². The van der Waals surface area contributed by atoms with E-state index < -0.39 is 0 Å². The van der Waals surface area contributed by atoms with Gasteiger partial charge in [-0.1, -0.05) is 44.5 Å². The lowest BCUT2D eigenvalue weighted by Crippen LogP contribution is -2.20. The van der Waals surface area contributed by atoms with Crippen LogP contribution in [-0.4, -0.2) is 19.8 Å². The molecule has 0 atom stereocenters. The van der Waals surface area contributed by atoms with Crippen molar-refractivity contribution in [2.24, 2.45) is 0 Å². The van der Waals surface area contributed by atoms with Gasteiger partial charge in [-0.05, 0) is 24.0 Å². The molecule has 1 rings (SSSR count). The van der Waals surface area contributed by atoms with Crippen LogP contribution < -0.4 is 5.32 Å². The van der Waals surface area contributed by atoms with Gasteiger partial charge < -0.3 is 10.1 Å². The highest BCUT2D eigenvalue weighted by molar-refractivity contribution is 5.26. The summed E-state index contributed by atoms with van der Waals surface area (Å²) in [5, 5.41) is 3.43. The number of aryl methyl sites for hydroxylation is 1. The Hall–Kier alpha value is -0.860. The van der Waals surface area contributed by atoms with Gasteiger partial charge in [-0.15, -0.1) is 0 Å². The Bertz CT molecular complexity index is 299. The minimum atomic E-state index is 0.814. The van der Waals surface area contributed by atoms with Gasteiger partial charge in [0.1, 0.15) is 0 Å². The summed E-state index contributed by atoms with van der Waals surface area (Å²) in [6.07, 6.45) is 3.47. The third kappa shape index (κ3) is 5.85. The molecule has 2 heteroatoms. The SMILES string of the molecule is CCCCOCCNCc1ccccc1CC.